The molecule has 0 aromatic rings. The maximum atomic E-state index is 12.0. The molecule has 0 aliphatic carbocycles. The number of unbranched alkanes of at least 4 members (excludes halogenated alkanes) is 12. The molecule has 0 aromatic heterocycles. The maximum absolute atomic E-state index is 12.0. The highest BCUT2D eigenvalue weighted by atomic mass is 32.2. The number of ether oxygens (including phenoxy) is 1. The summed E-state index contributed by atoms with van der Waals surface area (Å²) in [5.74, 6) is -4.73. The minimum absolute atomic E-state index is 0.149. The highest BCUT2D eigenvalue weighted by molar-refractivity contribution is 7.99. The molecule has 0 saturated carbocycles. The average Bonchev–Trinajstić information content (AvgIpc) is 2.92. The van der Waals surface area contributed by atoms with Crippen LogP contribution in [0.3, 0.4) is 0 Å². The number of hydrogen-bond acceptors (Lipinski definition) is 9. The van der Waals surface area contributed by atoms with Crippen molar-refractivity contribution < 1.29 is 57.5 Å². The van der Waals surface area contributed by atoms with E-state index >= 15 is 0 Å². The van der Waals surface area contributed by atoms with Gasteiger partial charge >= 0.3 is 24.1 Å². The fourth-order valence-corrected chi connectivity index (χ4v) is 4.50. The van der Waals surface area contributed by atoms with Crippen molar-refractivity contribution in [2.75, 3.05) is 24.7 Å². The predicted octanol–water partition coefficient (Wildman–Crippen LogP) is 3.63. The van der Waals surface area contributed by atoms with Crippen LogP contribution in [0.1, 0.15) is 96.8 Å². The summed E-state index contributed by atoms with van der Waals surface area (Å²) in [6.45, 7) is 1.18. The van der Waals surface area contributed by atoms with Crippen LogP contribution in [0.4, 0.5) is 13.2 Å². The first kappa shape index (κ1) is 42.0. The van der Waals surface area contributed by atoms with Crippen molar-refractivity contribution in [1.82, 2.24) is 5.32 Å². The van der Waals surface area contributed by atoms with Crippen molar-refractivity contribution in [3.8, 4) is 0 Å². The number of aliphatic hydroxyl groups excluding tert-OH is 2. The maximum Gasteiger partial charge on any atom is 0.490 e. The molecular weight excluding hydrogens is 585 g/mol. The van der Waals surface area contributed by atoms with Crippen molar-refractivity contribution in [3.63, 3.8) is 0 Å². The molecule has 0 heterocycles. The van der Waals surface area contributed by atoms with Gasteiger partial charge in [-0.25, -0.2) is 9.59 Å². The summed E-state index contributed by atoms with van der Waals surface area (Å²) < 4.78 is 37.0. The summed E-state index contributed by atoms with van der Waals surface area (Å²) in [5.41, 5.74) is 5.73. The Labute approximate surface area is 250 Å². The monoisotopic (exact) mass is 634 g/mol. The molecule has 1 amide bonds. The second-order valence-electron chi connectivity index (χ2n) is 9.82. The second-order valence-corrected chi connectivity index (χ2v) is 10.9. The molecular formula is C27H49F3N2O9S. The fourth-order valence-electron chi connectivity index (χ4n) is 3.52. The van der Waals surface area contributed by atoms with Gasteiger partial charge in [-0.05, 0) is 6.42 Å². The van der Waals surface area contributed by atoms with E-state index in [1.807, 2.05) is 0 Å². The average molecular weight is 635 g/mol. The van der Waals surface area contributed by atoms with E-state index in [1.165, 1.54) is 76.0 Å². The van der Waals surface area contributed by atoms with Crippen molar-refractivity contribution in [3.05, 3.63) is 0 Å². The third-order valence-corrected chi connectivity index (χ3v) is 7.17. The van der Waals surface area contributed by atoms with E-state index in [2.05, 4.69) is 12.2 Å². The Bertz CT molecular complexity index is 746. The van der Waals surface area contributed by atoms with Gasteiger partial charge in [0.2, 0.25) is 5.91 Å². The fraction of sp³-hybridized carbons (Fsp3) is 0.852. The van der Waals surface area contributed by atoms with Crippen molar-refractivity contribution in [2.24, 2.45) is 5.73 Å². The van der Waals surface area contributed by atoms with Crippen molar-refractivity contribution in [2.45, 2.75) is 121 Å². The molecule has 0 unspecified atom stereocenters. The summed E-state index contributed by atoms with van der Waals surface area (Å²) >= 11 is 1.22. The molecule has 0 saturated heterocycles. The van der Waals surface area contributed by atoms with Gasteiger partial charge in [-0.15, -0.1) is 0 Å². The number of esters is 1. The van der Waals surface area contributed by atoms with E-state index in [4.69, 9.17) is 30.6 Å². The molecule has 248 valence electrons. The number of carbonyl (C=O) groups is 4. The van der Waals surface area contributed by atoms with Crippen LogP contribution in [0.2, 0.25) is 0 Å². The molecule has 0 aliphatic rings. The summed E-state index contributed by atoms with van der Waals surface area (Å²) in [4.78, 5) is 43.7. The van der Waals surface area contributed by atoms with Gasteiger partial charge in [-0.2, -0.15) is 24.9 Å². The van der Waals surface area contributed by atoms with E-state index in [1.54, 1.807) is 0 Å². The van der Waals surface area contributed by atoms with Gasteiger partial charge < -0.3 is 36.2 Å². The van der Waals surface area contributed by atoms with E-state index in [0.29, 0.717) is 6.42 Å². The number of amides is 1. The molecule has 0 radical (unpaired) electrons. The first-order valence-electron chi connectivity index (χ1n) is 14.4. The van der Waals surface area contributed by atoms with Crippen LogP contribution in [0.5, 0.6) is 0 Å². The Kier molecular flexibility index (Phi) is 26.5. The summed E-state index contributed by atoms with van der Waals surface area (Å²) in [5, 5.41) is 36.5. The molecule has 0 bridgehead atoms. The lowest BCUT2D eigenvalue weighted by atomic mass is 10.0. The van der Waals surface area contributed by atoms with Crippen LogP contribution in [-0.4, -0.2) is 93.3 Å². The Morgan fingerprint density at radius 3 is 1.64 bits per heavy atom. The van der Waals surface area contributed by atoms with Gasteiger partial charge in [0, 0.05) is 17.9 Å². The lowest BCUT2D eigenvalue weighted by Crippen LogP contribution is -2.50. The summed E-state index contributed by atoms with van der Waals surface area (Å²) in [6, 6.07) is -2.40. The first-order valence-corrected chi connectivity index (χ1v) is 15.5. The molecule has 11 nitrogen and oxygen atoms in total. The smallest absolute Gasteiger partial charge is 0.480 e. The number of halogens is 3. The third-order valence-electron chi connectivity index (χ3n) is 5.96. The number of alkyl halides is 3. The Morgan fingerprint density at radius 1 is 0.810 bits per heavy atom. The normalized spacial score (nSPS) is 13.3. The summed E-state index contributed by atoms with van der Waals surface area (Å²) in [6.07, 6.45) is 10.5. The van der Waals surface area contributed by atoms with Gasteiger partial charge in [0.05, 0.1) is 19.3 Å². The van der Waals surface area contributed by atoms with Gasteiger partial charge in [0.25, 0.3) is 0 Å². The molecule has 42 heavy (non-hydrogen) atoms. The molecule has 0 fully saturated rings. The van der Waals surface area contributed by atoms with Gasteiger partial charge in [-0.1, -0.05) is 84.0 Å². The Hall–Kier alpha value is -2.10. The minimum Gasteiger partial charge on any atom is -0.480 e. The number of aliphatic hydroxyl groups is 2. The van der Waals surface area contributed by atoms with Gasteiger partial charge in [0.1, 0.15) is 12.1 Å². The second kappa shape index (κ2) is 26.5. The number of carbonyl (C=O) groups excluding carboxylic acids is 2. The van der Waals surface area contributed by atoms with Gasteiger partial charge in [0.15, 0.2) is 0 Å². The zero-order valence-corrected chi connectivity index (χ0v) is 25.2. The predicted molar refractivity (Wildman–Crippen MR) is 153 cm³/mol. The topological polar surface area (TPSA) is 196 Å². The quantitative estimate of drug-likeness (QED) is 0.0670. The molecule has 0 aromatic carbocycles. The van der Waals surface area contributed by atoms with Gasteiger partial charge in [-0.3, -0.25) is 9.59 Å². The van der Waals surface area contributed by atoms with Crippen LogP contribution in [0.25, 0.3) is 0 Å². The van der Waals surface area contributed by atoms with Crippen LogP contribution in [0, 0.1) is 0 Å². The standard InChI is InChI=1S/C25H48N2O7S.C2HF3O2/c1-2-3-4-5-6-7-8-9-10-11-12-13-14-15-23(30)34-20(16-28)18-35-19-21(26)24(31)27-22(17-29)25(32)33;3-2(4,5)1(6)7/h20-22,28-29H,2-19,26H2,1H3,(H,27,31)(H,32,33);(H,6,7)/t20-,21+,22+;/m1./s1. The SMILES string of the molecule is CCCCCCCCCCCCCCCC(=O)O[C@H](CO)CSC[C@H](N)C(=O)N[C@@H](CO)C(=O)O.O=C(O)C(F)(F)F. The lowest BCUT2D eigenvalue weighted by Gasteiger charge is -2.18. The number of carboxylic acids is 2. The van der Waals surface area contributed by atoms with Crippen molar-refractivity contribution in [1.29, 1.82) is 0 Å². The Balaban J connectivity index is 0. The molecule has 3 atom stereocenters. The van der Waals surface area contributed by atoms with Crippen LogP contribution < -0.4 is 11.1 Å². The number of nitrogens with one attached hydrogen (secondary N) is 1. The molecule has 0 spiro atoms. The highest BCUT2D eigenvalue weighted by Gasteiger charge is 2.38. The van der Waals surface area contributed by atoms with Crippen LogP contribution in [-0.2, 0) is 23.9 Å². The molecule has 7 N–H and O–H groups in total. The Morgan fingerprint density at radius 2 is 1.26 bits per heavy atom. The van der Waals surface area contributed by atoms with E-state index in [0.717, 1.165) is 19.3 Å². The minimum atomic E-state index is -5.08. The van der Waals surface area contributed by atoms with Crippen LogP contribution in [0.15, 0.2) is 0 Å². The molecule has 0 aliphatic heterocycles. The highest BCUT2D eigenvalue weighted by Crippen LogP contribution is 2.14. The van der Waals surface area contributed by atoms with Crippen molar-refractivity contribution >= 4 is 35.6 Å². The molecule has 15 heteroatoms. The van der Waals surface area contributed by atoms with E-state index in [9.17, 15) is 32.7 Å². The largest absolute Gasteiger partial charge is 0.490 e. The number of hydrogen-bond donors (Lipinski definition) is 6. The number of nitrogens with two attached hydrogens (primary N) is 1. The lowest BCUT2D eigenvalue weighted by molar-refractivity contribution is -0.192. The number of thioether (sulfide) groups is 1. The number of carboxylic acid groups (broad SMARTS) is 2. The third kappa shape index (κ3) is 25.6. The molecule has 0 rings (SSSR count). The van der Waals surface area contributed by atoms with Crippen LogP contribution >= 0.6 is 11.8 Å². The van der Waals surface area contributed by atoms with E-state index in [-0.39, 0.29) is 24.1 Å². The number of aliphatic carboxylic acids is 2. The first-order chi connectivity index (χ1) is 19.8. The summed E-state index contributed by atoms with van der Waals surface area (Å²) in [7, 11) is 0. The zero-order chi connectivity index (χ0) is 32.4. The number of rotatable bonds is 24. The zero-order valence-electron chi connectivity index (χ0n) is 24.4. The van der Waals surface area contributed by atoms with E-state index < -0.39 is 48.8 Å².